The number of rotatable bonds is 3. The molecule has 0 spiro atoms. The molecule has 4 heteroatoms. The van der Waals surface area contributed by atoms with Crippen molar-refractivity contribution in [2.24, 2.45) is 0 Å². The monoisotopic (exact) mass is 226 g/mol. The lowest BCUT2D eigenvalue weighted by atomic mass is 10.1. The molecule has 0 saturated heterocycles. The number of hydrogen-bond donors (Lipinski definition) is 2. The Kier molecular flexibility index (Phi) is 3.62. The van der Waals surface area contributed by atoms with Gasteiger partial charge in [-0.2, -0.15) is 0 Å². The molecule has 0 bridgehead atoms. The van der Waals surface area contributed by atoms with Gasteiger partial charge in [0.1, 0.15) is 0 Å². The Labute approximate surface area is 95.8 Å². The standard InChI is InChI=1S/C12H19FN2O/c1-5-16-11-7-10(15-12(2,3)4)9(14)6-8(11)13/h6-7,15H,5,14H2,1-4H3. The first-order valence-corrected chi connectivity index (χ1v) is 5.33. The molecule has 3 nitrogen and oxygen atoms in total. The Morgan fingerprint density at radius 1 is 1.38 bits per heavy atom. The minimum atomic E-state index is -0.432. The van der Waals surface area contributed by atoms with Crippen LogP contribution in [0.4, 0.5) is 15.8 Å². The van der Waals surface area contributed by atoms with Gasteiger partial charge in [-0.1, -0.05) is 0 Å². The molecule has 1 aromatic carbocycles. The number of benzene rings is 1. The number of nitrogens with one attached hydrogen (secondary N) is 1. The Balaban J connectivity index is 3.04. The summed E-state index contributed by atoms with van der Waals surface area (Å²) in [6.07, 6.45) is 0. The third kappa shape index (κ3) is 3.29. The van der Waals surface area contributed by atoms with Crippen molar-refractivity contribution in [3.8, 4) is 5.75 Å². The first kappa shape index (κ1) is 12.6. The number of ether oxygens (including phenoxy) is 1. The van der Waals surface area contributed by atoms with Gasteiger partial charge < -0.3 is 15.8 Å². The third-order valence-corrected chi connectivity index (χ3v) is 1.91. The molecule has 0 aliphatic carbocycles. The van der Waals surface area contributed by atoms with E-state index in [1.54, 1.807) is 6.07 Å². The summed E-state index contributed by atoms with van der Waals surface area (Å²) in [7, 11) is 0. The van der Waals surface area contributed by atoms with E-state index in [2.05, 4.69) is 5.32 Å². The molecule has 0 atom stereocenters. The highest BCUT2D eigenvalue weighted by Gasteiger charge is 2.14. The lowest BCUT2D eigenvalue weighted by Gasteiger charge is -2.23. The van der Waals surface area contributed by atoms with E-state index in [-0.39, 0.29) is 11.3 Å². The molecule has 3 N–H and O–H groups in total. The van der Waals surface area contributed by atoms with E-state index >= 15 is 0 Å². The van der Waals surface area contributed by atoms with E-state index in [4.69, 9.17) is 10.5 Å². The van der Waals surface area contributed by atoms with E-state index in [9.17, 15) is 4.39 Å². The van der Waals surface area contributed by atoms with Crippen LogP contribution in [0.15, 0.2) is 12.1 Å². The van der Waals surface area contributed by atoms with Crippen molar-refractivity contribution in [3.05, 3.63) is 17.9 Å². The summed E-state index contributed by atoms with van der Waals surface area (Å²) < 4.78 is 18.6. The fraction of sp³-hybridized carbons (Fsp3) is 0.500. The molecule has 0 fully saturated rings. The van der Waals surface area contributed by atoms with Gasteiger partial charge in [-0.15, -0.1) is 0 Å². The van der Waals surface area contributed by atoms with Gasteiger partial charge in [-0.25, -0.2) is 4.39 Å². The predicted molar refractivity (Wildman–Crippen MR) is 65.4 cm³/mol. The normalized spacial score (nSPS) is 11.3. The van der Waals surface area contributed by atoms with Crippen molar-refractivity contribution >= 4 is 11.4 Å². The number of nitrogen functional groups attached to an aromatic ring is 1. The van der Waals surface area contributed by atoms with E-state index in [0.29, 0.717) is 18.0 Å². The first-order chi connectivity index (χ1) is 7.33. The number of anilines is 2. The fourth-order valence-corrected chi connectivity index (χ4v) is 1.35. The molecule has 0 amide bonds. The van der Waals surface area contributed by atoms with Crippen LogP contribution in [0.3, 0.4) is 0 Å². The molecule has 90 valence electrons. The molecular formula is C12H19FN2O. The van der Waals surface area contributed by atoms with Crippen LogP contribution < -0.4 is 15.8 Å². The second kappa shape index (κ2) is 4.60. The predicted octanol–water partition coefficient (Wildman–Crippen LogP) is 3.02. The SMILES string of the molecule is CCOc1cc(NC(C)(C)C)c(N)cc1F. The van der Waals surface area contributed by atoms with Crippen LogP contribution >= 0.6 is 0 Å². The van der Waals surface area contributed by atoms with Crippen molar-refractivity contribution in [2.75, 3.05) is 17.7 Å². The number of hydrogen-bond acceptors (Lipinski definition) is 3. The highest BCUT2D eigenvalue weighted by molar-refractivity contribution is 5.69. The summed E-state index contributed by atoms with van der Waals surface area (Å²) in [6.45, 7) is 8.27. The summed E-state index contributed by atoms with van der Waals surface area (Å²) in [5, 5.41) is 3.20. The van der Waals surface area contributed by atoms with Crippen LogP contribution in [-0.2, 0) is 0 Å². The van der Waals surface area contributed by atoms with Crippen molar-refractivity contribution in [2.45, 2.75) is 33.2 Å². The summed E-state index contributed by atoms with van der Waals surface area (Å²) in [6, 6.07) is 2.87. The zero-order valence-corrected chi connectivity index (χ0v) is 10.2. The highest BCUT2D eigenvalue weighted by Crippen LogP contribution is 2.30. The molecule has 16 heavy (non-hydrogen) atoms. The lowest BCUT2D eigenvalue weighted by molar-refractivity contribution is 0.322. The van der Waals surface area contributed by atoms with E-state index in [0.717, 1.165) is 0 Å². The van der Waals surface area contributed by atoms with Gasteiger partial charge in [-0.3, -0.25) is 0 Å². The van der Waals surface area contributed by atoms with Gasteiger partial charge in [-0.05, 0) is 27.7 Å². The zero-order valence-electron chi connectivity index (χ0n) is 10.2. The van der Waals surface area contributed by atoms with Gasteiger partial charge in [0, 0.05) is 17.7 Å². The Hall–Kier alpha value is -1.45. The molecule has 0 radical (unpaired) electrons. The molecular weight excluding hydrogens is 207 g/mol. The van der Waals surface area contributed by atoms with Crippen molar-refractivity contribution < 1.29 is 9.13 Å². The summed E-state index contributed by atoms with van der Waals surface area (Å²) in [5.74, 6) is -0.206. The van der Waals surface area contributed by atoms with Gasteiger partial charge in [0.15, 0.2) is 11.6 Å². The fourth-order valence-electron chi connectivity index (χ4n) is 1.35. The van der Waals surface area contributed by atoms with Crippen molar-refractivity contribution in [1.29, 1.82) is 0 Å². The molecule has 1 rings (SSSR count). The molecule has 0 unspecified atom stereocenters. The van der Waals surface area contributed by atoms with Crippen LogP contribution in [0.1, 0.15) is 27.7 Å². The van der Waals surface area contributed by atoms with Crippen LogP contribution in [0.25, 0.3) is 0 Å². The van der Waals surface area contributed by atoms with Crippen LogP contribution in [0.2, 0.25) is 0 Å². The van der Waals surface area contributed by atoms with Gasteiger partial charge in [0.25, 0.3) is 0 Å². The van der Waals surface area contributed by atoms with Crippen LogP contribution in [0.5, 0.6) is 5.75 Å². The molecule has 0 aliphatic rings. The molecule has 0 heterocycles. The van der Waals surface area contributed by atoms with Crippen LogP contribution in [-0.4, -0.2) is 12.1 Å². The Morgan fingerprint density at radius 3 is 2.50 bits per heavy atom. The lowest BCUT2D eigenvalue weighted by Crippen LogP contribution is -2.26. The molecule has 0 aliphatic heterocycles. The maximum Gasteiger partial charge on any atom is 0.167 e. The smallest absolute Gasteiger partial charge is 0.167 e. The largest absolute Gasteiger partial charge is 0.491 e. The van der Waals surface area contributed by atoms with Crippen LogP contribution in [0, 0.1) is 5.82 Å². The number of halogens is 1. The second-order valence-electron chi connectivity index (χ2n) is 4.68. The van der Waals surface area contributed by atoms with Gasteiger partial charge in [0.2, 0.25) is 0 Å². The van der Waals surface area contributed by atoms with Crippen molar-refractivity contribution in [1.82, 2.24) is 0 Å². The average Bonchev–Trinajstić information content (AvgIpc) is 2.11. The summed E-state index contributed by atoms with van der Waals surface area (Å²) >= 11 is 0. The molecule has 0 aromatic heterocycles. The Morgan fingerprint density at radius 2 is 2.00 bits per heavy atom. The van der Waals surface area contributed by atoms with E-state index < -0.39 is 5.82 Å². The van der Waals surface area contributed by atoms with E-state index in [1.807, 2.05) is 27.7 Å². The summed E-state index contributed by atoms with van der Waals surface area (Å²) in [4.78, 5) is 0. The zero-order chi connectivity index (χ0) is 12.3. The van der Waals surface area contributed by atoms with E-state index in [1.165, 1.54) is 6.07 Å². The minimum Gasteiger partial charge on any atom is -0.491 e. The minimum absolute atomic E-state index is 0.130. The molecule has 1 aromatic rings. The topological polar surface area (TPSA) is 47.3 Å². The molecule has 0 saturated carbocycles. The Bertz CT molecular complexity index is 372. The third-order valence-electron chi connectivity index (χ3n) is 1.91. The maximum absolute atomic E-state index is 13.4. The average molecular weight is 226 g/mol. The highest BCUT2D eigenvalue weighted by atomic mass is 19.1. The van der Waals surface area contributed by atoms with Gasteiger partial charge >= 0.3 is 0 Å². The quantitative estimate of drug-likeness (QED) is 0.779. The second-order valence-corrected chi connectivity index (χ2v) is 4.68. The first-order valence-electron chi connectivity index (χ1n) is 5.33. The number of nitrogens with two attached hydrogens (primary N) is 1. The summed E-state index contributed by atoms with van der Waals surface area (Å²) in [5.41, 5.74) is 6.68. The van der Waals surface area contributed by atoms with Gasteiger partial charge in [0.05, 0.1) is 18.0 Å². The van der Waals surface area contributed by atoms with Crippen molar-refractivity contribution in [3.63, 3.8) is 0 Å². The maximum atomic E-state index is 13.4.